The zero-order chi connectivity index (χ0) is 8.97. The lowest BCUT2D eigenvalue weighted by Crippen LogP contribution is -1.77. The summed E-state index contributed by atoms with van der Waals surface area (Å²) < 4.78 is 5.09. The van der Waals surface area contributed by atoms with E-state index in [-0.39, 0.29) is 0 Å². The normalized spacial score (nSPS) is 12.1. The molecule has 1 heterocycles. The average molecular weight is 225 g/mol. The van der Waals surface area contributed by atoms with Crippen molar-refractivity contribution >= 4 is 35.0 Å². The summed E-state index contributed by atoms with van der Waals surface area (Å²) in [5.41, 5.74) is 1.32. The minimum absolute atomic E-state index is 0.504. The van der Waals surface area contributed by atoms with Gasteiger partial charge in [0, 0.05) is 23.2 Å². The Kier molecular flexibility index (Phi) is 3.91. The maximum atomic E-state index is 5.64. The van der Waals surface area contributed by atoms with Gasteiger partial charge in [-0.1, -0.05) is 35.0 Å². The van der Waals surface area contributed by atoms with Crippen LogP contribution in [0.3, 0.4) is 0 Å². The van der Waals surface area contributed by atoms with Crippen LogP contribution in [-0.2, 0) is 0 Å². The van der Waals surface area contributed by atoms with Crippen LogP contribution in [-0.4, -0.2) is 16.0 Å². The Morgan fingerprint density at radius 1 is 1.67 bits per heavy atom. The smallest absolute Gasteiger partial charge is 0.276 e. The highest BCUT2D eigenvalue weighted by molar-refractivity contribution is 7.99. The van der Waals surface area contributed by atoms with E-state index >= 15 is 0 Å². The Morgan fingerprint density at radius 3 is 2.92 bits per heavy atom. The molecule has 0 aliphatic rings. The Morgan fingerprint density at radius 2 is 2.42 bits per heavy atom. The maximum absolute atomic E-state index is 5.64. The Labute approximate surface area is 84.1 Å². The van der Waals surface area contributed by atoms with Crippen LogP contribution in [0, 0.1) is 6.92 Å². The van der Waals surface area contributed by atoms with Gasteiger partial charge in [-0.25, -0.2) is 0 Å². The van der Waals surface area contributed by atoms with E-state index in [2.05, 4.69) is 10.2 Å². The van der Waals surface area contributed by atoms with Gasteiger partial charge in [-0.3, -0.25) is 0 Å². The molecule has 66 valence electrons. The molecular weight excluding hydrogens is 219 g/mol. The van der Waals surface area contributed by atoms with Crippen molar-refractivity contribution in [3.63, 3.8) is 0 Å². The summed E-state index contributed by atoms with van der Waals surface area (Å²) in [5.74, 6) is 1.09. The molecule has 0 saturated heterocycles. The molecule has 6 heteroatoms. The first kappa shape index (κ1) is 9.89. The van der Waals surface area contributed by atoms with Gasteiger partial charge in [-0.2, -0.15) is 0 Å². The number of halogens is 2. The van der Waals surface area contributed by atoms with Gasteiger partial charge in [0.1, 0.15) is 0 Å². The quantitative estimate of drug-likeness (QED) is 0.741. The molecule has 0 radical (unpaired) electrons. The molecule has 0 aliphatic heterocycles. The highest BCUT2D eigenvalue weighted by atomic mass is 35.5. The zero-order valence-electron chi connectivity index (χ0n) is 6.25. The van der Waals surface area contributed by atoms with Gasteiger partial charge in [0.25, 0.3) is 5.22 Å². The van der Waals surface area contributed by atoms with Crippen LogP contribution < -0.4 is 0 Å². The second-order valence-corrected chi connectivity index (χ2v) is 3.56. The average Bonchev–Trinajstić information content (AvgIpc) is 2.47. The number of thioether (sulfide) groups is 1. The minimum Gasteiger partial charge on any atom is -0.416 e. The monoisotopic (exact) mass is 224 g/mol. The molecule has 12 heavy (non-hydrogen) atoms. The fourth-order valence-electron chi connectivity index (χ4n) is 0.499. The van der Waals surface area contributed by atoms with E-state index in [4.69, 9.17) is 27.6 Å². The molecule has 0 unspecified atom stereocenters. The van der Waals surface area contributed by atoms with Crippen LogP contribution in [0.25, 0.3) is 0 Å². The Balaban J connectivity index is 2.43. The highest BCUT2D eigenvalue weighted by Gasteiger charge is 2.03. The molecule has 0 atom stereocenters. The number of aromatic nitrogens is 2. The summed E-state index contributed by atoms with van der Waals surface area (Å²) in [6, 6.07) is 0. The van der Waals surface area contributed by atoms with E-state index in [0.717, 1.165) is 0 Å². The van der Waals surface area contributed by atoms with Crippen LogP contribution in [0.15, 0.2) is 20.2 Å². The summed E-state index contributed by atoms with van der Waals surface area (Å²) in [5, 5.41) is 8.48. The third-order valence-corrected chi connectivity index (χ3v) is 2.60. The molecule has 0 N–H and O–H groups in total. The third-order valence-electron chi connectivity index (χ3n) is 0.959. The molecule has 0 amide bonds. The van der Waals surface area contributed by atoms with Crippen molar-refractivity contribution < 1.29 is 4.42 Å². The lowest BCUT2D eigenvalue weighted by molar-refractivity contribution is 0.429. The molecule has 1 aromatic rings. The first-order valence-corrected chi connectivity index (χ1v) is 4.90. The van der Waals surface area contributed by atoms with Crippen molar-refractivity contribution in [1.82, 2.24) is 10.2 Å². The van der Waals surface area contributed by atoms with Gasteiger partial charge >= 0.3 is 0 Å². The van der Waals surface area contributed by atoms with Gasteiger partial charge < -0.3 is 4.42 Å². The van der Waals surface area contributed by atoms with Crippen LogP contribution in [0.4, 0.5) is 0 Å². The minimum atomic E-state index is 0.504. The van der Waals surface area contributed by atoms with Gasteiger partial charge in [0.05, 0.1) is 0 Å². The summed E-state index contributed by atoms with van der Waals surface area (Å²) >= 11 is 12.3. The van der Waals surface area contributed by atoms with E-state index in [0.29, 0.717) is 21.9 Å². The van der Waals surface area contributed by atoms with Crippen molar-refractivity contribution in [3.8, 4) is 0 Å². The van der Waals surface area contributed by atoms with Gasteiger partial charge in [-0.05, 0) is 0 Å². The van der Waals surface area contributed by atoms with E-state index in [9.17, 15) is 0 Å². The number of rotatable bonds is 3. The summed E-state index contributed by atoms with van der Waals surface area (Å²) in [6.45, 7) is 1.73. The number of hydrogen-bond donors (Lipinski definition) is 0. The topological polar surface area (TPSA) is 38.9 Å². The lowest BCUT2D eigenvalue weighted by Gasteiger charge is -1.91. The predicted octanol–water partition coefficient (Wildman–Crippen LogP) is 2.79. The Bertz CT molecular complexity index is 287. The van der Waals surface area contributed by atoms with Crippen molar-refractivity contribution in [2.24, 2.45) is 0 Å². The van der Waals surface area contributed by atoms with Crippen LogP contribution in [0.5, 0.6) is 0 Å². The second kappa shape index (κ2) is 4.74. The van der Waals surface area contributed by atoms with Crippen LogP contribution in [0.1, 0.15) is 5.89 Å². The second-order valence-electron chi connectivity index (χ2n) is 1.93. The van der Waals surface area contributed by atoms with Crippen molar-refractivity contribution in [3.05, 3.63) is 16.5 Å². The Hall–Kier alpha value is -0.190. The summed E-state index contributed by atoms with van der Waals surface area (Å²) in [7, 11) is 0. The molecule has 0 spiro atoms. The predicted molar refractivity (Wildman–Crippen MR) is 49.5 cm³/mol. The molecule has 0 aliphatic carbocycles. The fourth-order valence-corrected chi connectivity index (χ4v) is 1.45. The van der Waals surface area contributed by atoms with Gasteiger partial charge in [0.15, 0.2) is 0 Å². The molecule has 0 saturated carbocycles. The molecular formula is C6H6Cl2N2OS. The molecule has 1 rings (SSSR count). The molecule has 1 aromatic heterocycles. The fraction of sp³-hybridized carbons (Fsp3) is 0.333. The van der Waals surface area contributed by atoms with Crippen LogP contribution >= 0.6 is 35.0 Å². The first-order valence-electron chi connectivity index (χ1n) is 3.10. The first-order chi connectivity index (χ1) is 5.72. The summed E-state index contributed by atoms with van der Waals surface area (Å²) in [4.78, 5) is 0. The zero-order valence-corrected chi connectivity index (χ0v) is 8.58. The van der Waals surface area contributed by atoms with Gasteiger partial charge in [-0.15, -0.1) is 10.2 Å². The number of nitrogens with zero attached hydrogens (tertiary/aromatic N) is 2. The molecule has 3 nitrogen and oxygen atoms in total. The maximum Gasteiger partial charge on any atom is 0.276 e. The third kappa shape index (κ3) is 3.05. The van der Waals surface area contributed by atoms with Crippen molar-refractivity contribution in [2.75, 3.05) is 5.75 Å². The van der Waals surface area contributed by atoms with Crippen molar-refractivity contribution in [2.45, 2.75) is 12.1 Å². The SMILES string of the molecule is Cc1nnc(SC/C(Cl)=C/Cl)o1. The standard InChI is InChI=1S/C6H6Cl2N2OS/c1-4-9-10-6(11-4)12-3-5(8)2-7/h2H,3H2,1H3/b5-2-. The van der Waals surface area contributed by atoms with Crippen molar-refractivity contribution in [1.29, 1.82) is 0 Å². The van der Waals surface area contributed by atoms with E-state index in [1.165, 1.54) is 17.3 Å². The summed E-state index contributed by atoms with van der Waals surface area (Å²) in [6.07, 6.45) is 0. The van der Waals surface area contributed by atoms with E-state index < -0.39 is 0 Å². The van der Waals surface area contributed by atoms with E-state index in [1.807, 2.05) is 0 Å². The molecule has 0 aromatic carbocycles. The number of hydrogen-bond acceptors (Lipinski definition) is 4. The largest absolute Gasteiger partial charge is 0.416 e. The molecule has 0 bridgehead atoms. The highest BCUT2D eigenvalue weighted by Crippen LogP contribution is 2.20. The number of aryl methyl sites for hydroxylation is 1. The lowest BCUT2D eigenvalue weighted by atomic mass is 10.7. The van der Waals surface area contributed by atoms with Gasteiger partial charge in [0.2, 0.25) is 5.89 Å². The van der Waals surface area contributed by atoms with Crippen LogP contribution in [0.2, 0.25) is 0 Å². The molecule has 0 fully saturated rings. The van der Waals surface area contributed by atoms with E-state index in [1.54, 1.807) is 6.92 Å².